The largest absolute Gasteiger partial charge is 0.416 e. The maximum Gasteiger partial charge on any atom is 0.416 e. The van der Waals surface area contributed by atoms with Crippen molar-refractivity contribution in [2.75, 3.05) is 19.8 Å². The number of hydrogen-bond acceptors (Lipinski definition) is 3. The zero-order valence-corrected chi connectivity index (χ0v) is 16.3. The summed E-state index contributed by atoms with van der Waals surface area (Å²) in [6.07, 6.45) is -3.62. The number of amides is 2. The minimum atomic E-state index is -4.50. The minimum Gasteiger partial charge on any atom is -0.342 e. The highest BCUT2D eigenvalue weighted by Crippen LogP contribution is 2.35. The van der Waals surface area contributed by atoms with E-state index in [0.29, 0.717) is 39.1 Å². The lowest BCUT2D eigenvalue weighted by molar-refractivity contribution is -0.137. The van der Waals surface area contributed by atoms with Crippen LogP contribution in [0.4, 0.5) is 13.2 Å². The Morgan fingerprint density at radius 1 is 1.03 bits per heavy atom. The number of nitrogens with zero attached hydrogens (tertiary/aromatic N) is 2. The number of alkyl halides is 3. The molecule has 2 fully saturated rings. The number of carbonyl (C=O) groups excluding carboxylic acids is 2. The molecule has 2 saturated heterocycles. The fraction of sp³-hybridized carbons (Fsp3) is 0.364. The molecule has 4 rings (SSSR count). The molecule has 0 aliphatic carbocycles. The van der Waals surface area contributed by atoms with Crippen LogP contribution in [-0.2, 0) is 17.5 Å². The van der Waals surface area contributed by atoms with Crippen LogP contribution >= 0.6 is 0 Å². The molecule has 2 amide bonds. The van der Waals surface area contributed by atoms with E-state index in [4.69, 9.17) is 0 Å². The van der Waals surface area contributed by atoms with Crippen molar-refractivity contribution in [2.45, 2.75) is 31.1 Å². The Hall–Kier alpha value is -2.87. The Bertz CT molecular complexity index is 938. The predicted molar refractivity (Wildman–Crippen MR) is 104 cm³/mol. The van der Waals surface area contributed by atoms with E-state index in [1.54, 1.807) is 0 Å². The summed E-state index contributed by atoms with van der Waals surface area (Å²) >= 11 is 0. The van der Waals surface area contributed by atoms with Crippen LogP contribution in [0.2, 0.25) is 0 Å². The van der Waals surface area contributed by atoms with Gasteiger partial charge in [0, 0.05) is 25.2 Å². The lowest BCUT2D eigenvalue weighted by Crippen LogP contribution is -2.56. The van der Waals surface area contributed by atoms with Gasteiger partial charge >= 0.3 is 6.18 Å². The van der Waals surface area contributed by atoms with E-state index in [1.165, 1.54) is 17.0 Å². The molecule has 2 aliphatic rings. The van der Waals surface area contributed by atoms with Crippen molar-refractivity contribution in [3.8, 4) is 0 Å². The summed E-state index contributed by atoms with van der Waals surface area (Å²) in [4.78, 5) is 29.1. The molecular weight excluding hydrogens is 395 g/mol. The van der Waals surface area contributed by atoms with Crippen molar-refractivity contribution < 1.29 is 22.8 Å². The molecule has 1 N–H and O–H groups in total. The van der Waals surface area contributed by atoms with Crippen LogP contribution < -0.4 is 5.32 Å². The third-order valence-electron chi connectivity index (χ3n) is 5.99. The molecule has 0 atom stereocenters. The van der Waals surface area contributed by atoms with E-state index in [1.807, 2.05) is 30.3 Å². The number of carbonyl (C=O) groups is 2. The van der Waals surface area contributed by atoms with Crippen LogP contribution in [0.3, 0.4) is 0 Å². The maximum atomic E-state index is 13.0. The SMILES string of the molecule is O=C(c1cccc(C(F)(F)F)c1)N1CCC2(CC1)C(=O)NCN2Cc1ccccc1. The van der Waals surface area contributed by atoms with Gasteiger partial charge in [-0.15, -0.1) is 0 Å². The second-order valence-corrected chi connectivity index (χ2v) is 7.75. The van der Waals surface area contributed by atoms with Gasteiger partial charge in [-0.25, -0.2) is 0 Å². The molecule has 0 saturated carbocycles. The Balaban J connectivity index is 1.47. The van der Waals surface area contributed by atoms with E-state index in [-0.39, 0.29) is 11.5 Å². The van der Waals surface area contributed by atoms with Crippen LogP contribution in [0.5, 0.6) is 0 Å². The fourth-order valence-corrected chi connectivity index (χ4v) is 4.27. The molecule has 2 aromatic rings. The van der Waals surface area contributed by atoms with E-state index < -0.39 is 23.2 Å². The van der Waals surface area contributed by atoms with Gasteiger partial charge in [0.25, 0.3) is 5.91 Å². The monoisotopic (exact) mass is 417 g/mol. The lowest BCUT2D eigenvalue weighted by Gasteiger charge is -2.42. The van der Waals surface area contributed by atoms with Gasteiger partial charge in [0.2, 0.25) is 5.91 Å². The highest BCUT2D eigenvalue weighted by atomic mass is 19.4. The van der Waals surface area contributed by atoms with Crippen molar-refractivity contribution in [2.24, 2.45) is 0 Å². The van der Waals surface area contributed by atoms with Crippen molar-refractivity contribution in [3.05, 3.63) is 71.3 Å². The molecule has 30 heavy (non-hydrogen) atoms. The molecule has 2 heterocycles. The summed E-state index contributed by atoms with van der Waals surface area (Å²) in [5.41, 5.74) is -0.430. The highest BCUT2D eigenvalue weighted by molar-refractivity contribution is 5.95. The standard InChI is InChI=1S/C22H22F3N3O2/c23-22(24,25)18-8-4-7-17(13-18)19(29)27-11-9-21(10-12-27)20(30)26-15-28(21)14-16-5-2-1-3-6-16/h1-8,13H,9-12,14-15H2,(H,26,30). The first-order chi connectivity index (χ1) is 14.3. The van der Waals surface area contributed by atoms with Gasteiger partial charge in [-0.1, -0.05) is 36.4 Å². The third-order valence-corrected chi connectivity index (χ3v) is 5.99. The van der Waals surface area contributed by atoms with Crippen LogP contribution in [-0.4, -0.2) is 46.9 Å². The first kappa shape index (κ1) is 20.4. The van der Waals surface area contributed by atoms with Crippen molar-refractivity contribution >= 4 is 11.8 Å². The smallest absolute Gasteiger partial charge is 0.342 e. The molecule has 5 nitrogen and oxygen atoms in total. The predicted octanol–water partition coefficient (Wildman–Crippen LogP) is 3.27. The summed E-state index contributed by atoms with van der Waals surface area (Å²) < 4.78 is 38.9. The number of hydrogen-bond donors (Lipinski definition) is 1. The van der Waals surface area contributed by atoms with Gasteiger partial charge < -0.3 is 10.2 Å². The molecule has 158 valence electrons. The fourth-order valence-electron chi connectivity index (χ4n) is 4.27. The number of likely N-dealkylation sites (tertiary alicyclic amines) is 1. The topological polar surface area (TPSA) is 52.7 Å². The zero-order chi connectivity index (χ0) is 21.4. The molecule has 0 unspecified atom stereocenters. The van der Waals surface area contributed by atoms with Crippen LogP contribution in [0.25, 0.3) is 0 Å². The van der Waals surface area contributed by atoms with E-state index >= 15 is 0 Å². The molecule has 0 aromatic heterocycles. The van der Waals surface area contributed by atoms with Crippen LogP contribution in [0.15, 0.2) is 54.6 Å². The van der Waals surface area contributed by atoms with E-state index in [9.17, 15) is 22.8 Å². The molecule has 2 aliphatic heterocycles. The highest BCUT2D eigenvalue weighted by Gasteiger charge is 2.50. The Kier molecular flexibility index (Phi) is 5.27. The number of piperidine rings is 1. The molecule has 1 spiro atoms. The Labute approximate surface area is 172 Å². The van der Waals surface area contributed by atoms with Crippen molar-refractivity contribution in [1.29, 1.82) is 0 Å². The normalized spacial score (nSPS) is 19.2. The average molecular weight is 417 g/mol. The molecule has 8 heteroatoms. The maximum absolute atomic E-state index is 13.0. The molecule has 2 aromatic carbocycles. The molecular formula is C22H22F3N3O2. The first-order valence-electron chi connectivity index (χ1n) is 9.83. The summed E-state index contributed by atoms with van der Waals surface area (Å²) in [6, 6.07) is 14.3. The third kappa shape index (κ3) is 3.79. The minimum absolute atomic E-state index is 0.0118. The van der Waals surface area contributed by atoms with Crippen molar-refractivity contribution in [1.82, 2.24) is 15.1 Å². The quantitative estimate of drug-likeness (QED) is 0.834. The van der Waals surface area contributed by atoms with Gasteiger partial charge in [0.1, 0.15) is 5.54 Å². The van der Waals surface area contributed by atoms with Crippen LogP contribution in [0.1, 0.15) is 34.3 Å². The summed E-state index contributed by atoms with van der Waals surface area (Å²) in [5.74, 6) is -0.492. The second-order valence-electron chi connectivity index (χ2n) is 7.75. The van der Waals surface area contributed by atoms with Gasteiger partial charge in [0.15, 0.2) is 0 Å². The van der Waals surface area contributed by atoms with E-state index in [2.05, 4.69) is 10.2 Å². The molecule has 0 radical (unpaired) electrons. The van der Waals surface area contributed by atoms with Gasteiger partial charge in [-0.2, -0.15) is 13.2 Å². The lowest BCUT2D eigenvalue weighted by atomic mass is 9.85. The van der Waals surface area contributed by atoms with Gasteiger partial charge in [-0.3, -0.25) is 14.5 Å². The van der Waals surface area contributed by atoms with Crippen LogP contribution in [0, 0.1) is 0 Å². The van der Waals surface area contributed by atoms with E-state index in [0.717, 1.165) is 17.7 Å². The van der Waals surface area contributed by atoms with Gasteiger partial charge in [0.05, 0.1) is 12.2 Å². The number of nitrogens with one attached hydrogen (secondary N) is 1. The molecule has 0 bridgehead atoms. The first-order valence-corrected chi connectivity index (χ1v) is 9.83. The zero-order valence-electron chi connectivity index (χ0n) is 16.3. The summed E-state index contributed by atoms with van der Waals surface area (Å²) in [7, 11) is 0. The summed E-state index contributed by atoms with van der Waals surface area (Å²) in [6.45, 7) is 1.68. The second kappa shape index (κ2) is 7.75. The van der Waals surface area contributed by atoms with Crippen molar-refractivity contribution in [3.63, 3.8) is 0 Å². The number of benzene rings is 2. The number of halogens is 3. The number of rotatable bonds is 3. The average Bonchev–Trinajstić information content (AvgIpc) is 3.03. The van der Waals surface area contributed by atoms with Gasteiger partial charge in [-0.05, 0) is 36.6 Å². The Morgan fingerprint density at radius 3 is 2.40 bits per heavy atom. The Morgan fingerprint density at radius 2 is 1.73 bits per heavy atom. The summed E-state index contributed by atoms with van der Waals surface area (Å²) in [5, 5.41) is 2.91.